The van der Waals surface area contributed by atoms with E-state index < -0.39 is 40.9 Å². The molecule has 1 aromatic heterocycles. The fourth-order valence-corrected chi connectivity index (χ4v) is 2.57. The zero-order valence-electron chi connectivity index (χ0n) is 15.3. The lowest BCUT2D eigenvalue weighted by Gasteiger charge is -2.16. The number of benzene rings is 2. The molecule has 0 aliphatic rings. The molecule has 0 amide bonds. The molecular formula is C20H12F8N2O. The van der Waals surface area contributed by atoms with E-state index in [1.54, 1.807) is 0 Å². The molecule has 0 aliphatic carbocycles. The van der Waals surface area contributed by atoms with Gasteiger partial charge < -0.3 is 10.1 Å². The average molecular weight is 448 g/mol. The number of pyridine rings is 1. The Bertz CT molecular complexity index is 1040. The third kappa shape index (κ3) is 5.41. The van der Waals surface area contributed by atoms with Gasteiger partial charge in [0.25, 0.3) is 0 Å². The minimum absolute atomic E-state index is 0.107. The number of ether oxygens (including phenoxy) is 1. The van der Waals surface area contributed by atoms with Gasteiger partial charge in [-0.1, -0.05) is 6.07 Å². The van der Waals surface area contributed by atoms with Gasteiger partial charge in [0.2, 0.25) is 0 Å². The maximum absolute atomic E-state index is 13.6. The van der Waals surface area contributed by atoms with Crippen LogP contribution >= 0.6 is 0 Å². The van der Waals surface area contributed by atoms with Crippen LogP contribution in [0.15, 0.2) is 54.7 Å². The molecule has 0 fully saturated rings. The summed E-state index contributed by atoms with van der Waals surface area (Å²) in [5.74, 6) is -2.77. The molecule has 1 heterocycles. The fourth-order valence-electron chi connectivity index (χ4n) is 2.57. The number of nitrogens with zero attached hydrogens (tertiary/aromatic N) is 1. The Hall–Kier alpha value is -3.37. The minimum Gasteiger partial charge on any atom is -0.455 e. The maximum atomic E-state index is 13.6. The Kier molecular flexibility index (Phi) is 6.05. The van der Waals surface area contributed by atoms with Crippen molar-refractivity contribution in [1.29, 1.82) is 0 Å². The molecule has 164 valence electrons. The Morgan fingerprint density at radius 3 is 2.06 bits per heavy atom. The molecule has 11 heteroatoms. The molecule has 3 nitrogen and oxygen atoms in total. The Morgan fingerprint density at radius 2 is 1.52 bits per heavy atom. The minimum atomic E-state index is -4.95. The van der Waals surface area contributed by atoms with Gasteiger partial charge in [0.1, 0.15) is 29.0 Å². The molecule has 0 bridgehead atoms. The SMILES string of the molecule is Fc1cccc(F)c1CNc1ccc(Oc2cc(C(F)(F)F)ccc2C(F)(F)F)cn1. The number of rotatable bonds is 5. The van der Waals surface area contributed by atoms with E-state index in [0.717, 1.165) is 24.4 Å². The Balaban J connectivity index is 1.79. The van der Waals surface area contributed by atoms with Gasteiger partial charge >= 0.3 is 12.4 Å². The summed E-state index contributed by atoms with van der Waals surface area (Å²) in [7, 11) is 0. The first-order chi connectivity index (χ1) is 14.4. The first-order valence-corrected chi connectivity index (χ1v) is 8.54. The van der Waals surface area contributed by atoms with Gasteiger partial charge in [-0.15, -0.1) is 0 Å². The second kappa shape index (κ2) is 8.40. The molecule has 0 atom stereocenters. The molecule has 31 heavy (non-hydrogen) atoms. The van der Waals surface area contributed by atoms with Crippen molar-refractivity contribution < 1.29 is 39.9 Å². The third-order valence-electron chi connectivity index (χ3n) is 4.09. The number of alkyl halides is 6. The van der Waals surface area contributed by atoms with Gasteiger partial charge in [-0.2, -0.15) is 26.3 Å². The van der Waals surface area contributed by atoms with Crippen LogP contribution in [-0.2, 0) is 18.9 Å². The van der Waals surface area contributed by atoms with E-state index in [-0.39, 0.29) is 35.8 Å². The van der Waals surface area contributed by atoms with Crippen molar-refractivity contribution in [1.82, 2.24) is 4.98 Å². The van der Waals surface area contributed by atoms with E-state index in [9.17, 15) is 35.1 Å². The fraction of sp³-hybridized carbons (Fsp3) is 0.150. The molecule has 0 saturated heterocycles. The standard InChI is InChI=1S/C20H12F8N2O/c21-15-2-1-3-16(22)13(15)10-30-18-7-5-12(9-29-18)31-17-8-11(19(23,24)25)4-6-14(17)20(26,27)28/h1-9H,10H2,(H,29,30). The van der Waals surface area contributed by atoms with Crippen LogP contribution in [0.25, 0.3) is 0 Å². The van der Waals surface area contributed by atoms with Crippen molar-refractivity contribution in [2.75, 3.05) is 5.32 Å². The third-order valence-corrected chi connectivity index (χ3v) is 4.09. The smallest absolute Gasteiger partial charge is 0.419 e. The number of hydrogen-bond donors (Lipinski definition) is 1. The lowest BCUT2D eigenvalue weighted by atomic mass is 10.1. The Labute approximate surface area is 170 Å². The van der Waals surface area contributed by atoms with Crippen LogP contribution in [0.3, 0.4) is 0 Å². The van der Waals surface area contributed by atoms with Crippen LogP contribution in [0.5, 0.6) is 11.5 Å². The van der Waals surface area contributed by atoms with E-state index in [2.05, 4.69) is 10.3 Å². The highest BCUT2D eigenvalue weighted by atomic mass is 19.4. The number of halogens is 8. The highest BCUT2D eigenvalue weighted by Gasteiger charge is 2.38. The van der Waals surface area contributed by atoms with Gasteiger partial charge in [0, 0.05) is 12.1 Å². The average Bonchev–Trinajstić information content (AvgIpc) is 2.67. The lowest BCUT2D eigenvalue weighted by molar-refractivity contribution is -0.142. The van der Waals surface area contributed by atoms with E-state index in [4.69, 9.17) is 4.74 Å². The van der Waals surface area contributed by atoms with Crippen LogP contribution in [0.2, 0.25) is 0 Å². The number of anilines is 1. The van der Waals surface area contributed by atoms with Crippen molar-refractivity contribution in [3.05, 3.63) is 83.1 Å². The molecule has 1 N–H and O–H groups in total. The van der Waals surface area contributed by atoms with Gasteiger partial charge in [0.05, 0.1) is 17.3 Å². The van der Waals surface area contributed by atoms with Gasteiger partial charge in [-0.3, -0.25) is 0 Å². The summed E-state index contributed by atoms with van der Waals surface area (Å²) in [6.45, 7) is -0.266. The summed E-state index contributed by atoms with van der Waals surface area (Å²) in [6, 6.07) is 6.54. The van der Waals surface area contributed by atoms with Crippen LogP contribution in [0, 0.1) is 11.6 Å². The van der Waals surface area contributed by atoms with Crippen LogP contribution in [0.1, 0.15) is 16.7 Å². The number of hydrogen-bond acceptors (Lipinski definition) is 3. The summed E-state index contributed by atoms with van der Waals surface area (Å²) < 4.78 is 110. The summed E-state index contributed by atoms with van der Waals surface area (Å²) in [5, 5.41) is 2.62. The Morgan fingerprint density at radius 1 is 0.839 bits per heavy atom. The normalized spacial score (nSPS) is 12.0. The molecule has 3 aromatic rings. The second-order valence-corrected chi connectivity index (χ2v) is 6.24. The monoisotopic (exact) mass is 448 g/mol. The van der Waals surface area contributed by atoms with Crippen LogP contribution in [-0.4, -0.2) is 4.98 Å². The van der Waals surface area contributed by atoms with Gasteiger partial charge in [0.15, 0.2) is 0 Å². The molecule has 0 radical (unpaired) electrons. The summed E-state index contributed by atoms with van der Waals surface area (Å²) in [5.41, 5.74) is -2.95. The number of nitrogens with one attached hydrogen (secondary N) is 1. The summed E-state index contributed by atoms with van der Waals surface area (Å²) in [4.78, 5) is 3.83. The van der Waals surface area contributed by atoms with E-state index >= 15 is 0 Å². The summed E-state index contributed by atoms with van der Waals surface area (Å²) >= 11 is 0. The first kappa shape index (κ1) is 22.3. The topological polar surface area (TPSA) is 34.1 Å². The van der Waals surface area contributed by atoms with Gasteiger partial charge in [-0.05, 0) is 42.5 Å². The number of aromatic nitrogens is 1. The molecule has 0 unspecified atom stereocenters. The highest BCUT2D eigenvalue weighted by Crippen LogP contribution is 2.41. The van der Waals surface area contributed by atoms with Crippen LogP contribution < -0.4 is 10.1 Å². The van der Waals surface area contributed by atoms with E-state index in [1.807, 2.05) is 0 Å². The lowest BCUT2D eigenvalue weighted by Crippen LogP contribution is -2.11. The van der Waals surface area contributed by atoms with Crippen molar-refractivity contribution in [2.45, 2.75) is 18.9 Å². The maximum Gasteiger partial charge on any atom is 0.419 e. The zero-order valence-corrected chi connectivity index (χ0v) is 15.3. The highest BCUT2D eigenvalue weighted by molar-refractivity contribution is 5.45. The first-order valence-electron chi connectivity index (χ1n) is 8.54. The molecule has 2 aromatic carbocycles. The van der Waals surface area contributed by atoms with Crippen molar-refractivity contribution in [3.8, 4) is 11.5 Å². The molecular weight excluding hydrogens is 436 g/mol. The van der Waals surface area contributed by atoms with Gasteiger partial charge in [-0.25, -0.2) is 13.8 Å². The van der Waals surface area contributed by atoms with Crippen LogP contribution in [0.4, 0.5) is 40.9 Å². The van der Waals surface area contributed by atoms with Crippen molar-refractivity contribution in [3.63, 3.8) is 0 Å². The molecule has 0 spiro atoms. The largest absolute Gasteiger partial charge is 0.455 e. The summed E-state index contributed by atoms with van der Waals surface area (Å²) in [6.07, 6.45) is -8.85. The van der Waals surface area contributed by atoms with E-state index in [1.165, 1.54) is 12.1 Å². The molecule has 3 rings (SSSR count). The second-order valence-electron chi connectivity index (χ2n) is 6.24. The predicted octanol–water partition coefficient (Wildman–Crippen LogP) is 6.80. The zero-order chi connectivity index (χ0) is 22.8. The van der Waals surface area contributed by atoms with Crippen molar-refractivity contribution >= 4 is 5.82 Å². The van der Waals surface area contributed by atoms with Crippen molar-refractivity contribution in [2.24, 2.45) is 0 Å². The predicted molar refractivity (Wildman–Crippen MR) is 94.4 cm³/mol. The molecule has 0 aliphatic heterocycles. The van der Waals surface area contributed by atoms with E-state index in [0.29, 0.717) is 6.07 Å². The molecule has 0 saturated carbocycles. The quantitative estimate of drug-likeness (QED) is 0.436.